The van der Waals surface area contributed by atoms with Crippen molar-refractivity contribution in [1.82, 2.24) is 0 Å². The lowest BCUT2D eigenvalue weighted by molar-refractivity contribution is -0.162. The molecule has 0 saturated heterocycles. The van der Waals surface area contributed by atoms with Crippen LogP contribution in [0.15, 0.2) is 18.2 Å². The van der Waals surface area contributed by atoms with Gasteiger partial charge in [-0.2, -0.15) is 0 Å². The predicted molar refractivity (Wildman–Crippen MR) is 96.8 cm³/mol. The smallest absolute Gasteiger partial charge is 0.526 e. The summed E-state index contributed by atoms with van der Waals surface area (Å²) in [6.45, 7) is 2.63. The van der Waals surface area contributed by atoms with Gasteiger partial charge in [-0.1, -0.05) is 12.1 Å². The van der Waals surface area contributed by atoms with Crippen molar-refractivity contribution in [3.8, 4) is 18.1 Å². The number of carbonyl (C=O) groups is 3. The van der Waals surface area contributed by atoms with Gasteiger partial charge in [0.15, 0.2) is 0 Å². The topological polar surface area (TPSA) is 99.1 Å². The van der Waals surface area contributed by atoms with E-state index in [0.29, 0.717) is 18.4 Å². The van der Waals surface area contributed by atoms with Crippen LogP contribution in [0, 0.1) is 12.3 Å². The van der Waals surface area contributed by atoms with E-state index in [1.165, 1.54) is 19.9 Å². The summed E-state index contributed by atoms with van der Waals surface area (Å²) < 4.78 is 15.4. The molecule has 0 amide bonds. The van der Waals surface area contributed by atoms with Gasteiger partial charge in [-0.15, -0.1) is 12.3 Å². The molecule has 1 N–H and O–H groups in total. The minimum atomic E-state index is -1.23. The van der Waals surface area contributed by atoms with Gasteiger partial charge in [0, 0.05) is 38.9 Å². The fourth-order valence-electron chi connectivity index (χ4n) is 2.90. The first-order valence-corrected chi connectivity index (χ1v) is 8.61. The first-order valence-electron chi connectivity index (χ1n) is 8.61. The number of benzene rings is 1. The SMILES string of the molecule is C#CCCC(=O)C[C@H]1Cc2cccc(C(=O)OC(C)OC(C)=O)c2OB1O. The number of ketones is 1. The highest BCUT2D eigenvalue weighted by atomic mass is 16.7. The molecular formula is C19H21BO7. The Morgan fingerprint density at radius 3 is 2.81 bits per heavy atom. The van der Waals surface area contributed by atoms with Crippen molar-refractivity contribution in [2.24, 2.45) is 0 Å². The predicted octanol–water partition coefficient (Wildman–Crippen LogP) is 1.91. The van der Waals surface area contributed by atoms with Crippen LogP contribution in [0.1, 0.15) is 49.0 Å². The maximum Gasteiger partial charge on any atom is 0.526 e. The normalized spacial score (nSPS) is 16.4. The Morgan fingerprint density at radius 2 is 2.15 bits per heavy atom. The van der Waals surface area contributed by atoms with Crippen molar-refractivity contribution in [2.45, 2.75) is 51.6 Å². The van der Waals surface area contributed by atoms with Crippen molar-refractivity contribution < 1.29 is 33.5 Å². The molecule has 1 unspecified atom stereocenters. The molecule has 0 aromatic heterocycles. The van der Waals surface area contributed by atoms with Crippen LogP contribution in [0.25, 0.3) is 0 Å². The van der Waals surface area contributed by atoms with Gasteiger partial charge < -0.3 is 19.2 Å². The van der Waals surface area contributed by atoms with Crippen molar-refractivity contribution in [3.05, 3.63) is 29.3 Å². The van der Waals surface area contributed by atoms with Gasteiger partial charge in [0.2, 0.25) is 6.29 Å². The summed E-state index contributed by atoms with van der Waals surface area (Å²) in [5, 5.41) is 10.3. The van der Waals surface area contributed by atoms with Gasteiger partial charge in [0.25, 0.3) is 0 Å². The van der Waals surface area contributed by atoms with E-state index in [2.05, 4.69) is 5.92 Å². The Hall–Kier alpha value is -2.79. The third kappa shape index (κ3) is 5.59. The minimum Gasteiger partial charge on any atom is -0.535 e. The van der Waals surface area contributed by atoms with E-state index < -0.39 is 31.2 Å². The van der Waals surface area contributed by atoms with Gasteiger partial charge in [-0.05, 0) is 18.1 Å². The average Bonchev–Trinajstić information content (AvgIpc) is 2.59. The Morgan fingerprint density at radius 1 is 1.41 bits per heavy atom. The fourth-order valence-corrected chi connectivity index (χ4v) is 2.90. The van der Waals surface area contributed by atoms with E-state index in [-0.39, 0.29) is 29.9 Å². The lowest BCUT2D eigenvalue weighted by Crippen LogP contribution is -2.36. The maximum atomic E-state index is 12.3. The minimum absolute atomic E-state index is 0.0465. The molecule has 0 radical (unpaired) electrons. The molecule has 0 fully saturated rings. The molecule has 142 valence electrons. The lowest BCUT2D eigenvalue weighted by atomic mass is 9.64. The number of para-hydroxylation sites is 1. The number of hydrogen-bond donors (Lipinski definition) is 1. The molecule has 1 aromatic rings. The number of terminal acetylenes is 1. The van der Waals surface area contributed by atoms with Crippen LogP contribution in [-0.4, -0.2) is 36.2 Å². The summed E-state index contributed by atoms with van der Waals surface area (Å²) >= 11 is 0. The first kappa shape index (κ1) is 20.5. The number of hydrogen-bond acceptors (Lipinski definition) is 7. The van der Waals surface area contributed by atoms with Crippen molar-refractivity contribution in [3.63, 3.8) is 0 Å². The van der Waals surface area contributed by atoms with Crippen LogP contribution >= 0.6 is 0 Å². The van der Waals surface area contributed by atoms with Crippen LogP contribution in [0.4, 0.5) is 0 Å². The van der Waals surface area contributed by atoms with Crippen molar-refractivity contribution >= 4 is 24.8 Å². The third-order valence-corrected chi connectivity index (χ3v) is 4.08. The molecule has 0 saturated carbocycles. The number of fused-ring (bicyclic) bond motifs is 1. The van der Waals surface area contributed by atoms with E-state index in [4.69, 9.17) is 20.6 Å². The van der Waals surface area contributed by atoms with Gasteiger partial charge >= 0.3 is 19.1 Å². The van der Waals surface area contributed by atoms with Crippen LogP contribution in [0.2, 0.25) is 5.82 Å². The molecule has 1 aromatic carbocycles. The highest BCUT2D eigenvalue weighted by molar-refractivity contribution is 6.47. The number of rotatable bonds is 7. The molecule has 8 heteroatoms. The standard InChI is InChI=1S/C19H21BO7/c1-4-5-8-16(22)11-15-10-14-7-6-9-17(18(14)27-20(15)24)19(23)26-13(3)25-12(2)21/h1,6-7,9,13,15,24H,5,8,10-11H2,2-3H3/t13?,15-/m1/s1. The molecule has 2 rings (SSSR count). The zero-order chi connectivity index (χ0) is 20.0. The number of ether oxygens (including phenoxy) is 2. The van der Waals surface area contributed by atoms with E-state index in [9.17, 15) is 19.4 Å². The van der Waals surface area contributed by atoms with Crippen LogP contribution in [0.3, 0.4) is 0 Å². The average molecular weight is 372 g/mol. The van der Waals surface area contributed by atoms with Gasteiger partial charge in [-0.25, -0.2) is 4.79 Å². The second-order valence-corrected chi connectivity index (χ2v) is 6.30. The highest BCUT2D eigenvalue weighted by Crippen LogP contribution is 2.36. The zero-order valence-electron chi connectivity index (χ0n) is 15.3. The largest absolute Gasteiger partial charge is 0.535 e. The molecule has 0 spiro atoms. The molecule has 0 aliphatic carbocycles. The first-order chi connectivity index (χ1) is 12.8. The van der Waals surface area contributed by atoms with Crippen LogP contribution in [-0.2, 0) is 25.5 Å². The number of esters is 2. The molecular weight excluding hydrogens is 351 g/mol. The van der Waals surface area contributed by atoms with Crippen molar-refractivity contribution in [2.75, 3.05) is 0 Å². The molecule has 2 atom stereocenters. The molecule has 1 heterocycles. The Kier molecular flexibility index (Phi) is 7.02. The highest BCUT2D eigenvalue weighted by Gasteiger charge is 2.37. The van der Waals surface area contributed by atoms with Crippen LogP contribution < -0.4 is 4.65 Å². The number of carbonyl (C=O) groups excluding carboxylic acids is 3. The van der Waals surface area contributed by atoms with E-state index >= 15 is 0 Å². The second-order valence-electron chi connectivity index (χ2n) is 6.30. The number of Topliss-reactive ketones (excluding diaryl/α,β-unsaturated/α-hetero) is 1. The summed E-state index contributed by atoms with van der Waals surface area (Å²) in [7, 11) is -1.23. The molecule has 1 aliphatic rings. The summed E-state index contributed by atoms with van der Waals surface area (Å²) in [6.07, 6.45) is 5.23. The summed E-state index contributed by atoms with van der Waals surface area (Å²) in [6, 6.07) is 4.91. The zero-order valence-corrected chi connectivity index (χ0v) is 15.3. The fraction of sp³-hybridized carbons (Fsp3) is 0.421. The summed E-state index contributed by atoms with van der Waals surface area (Å²) in [5.41, 5.74) is 0.798. The molecule has 0 bridgehead atoms. The lowest BCUT2D eigenvalue weighted by Gasteiger charge is -2.28. The van der Waals surface area contributed by atoms with Gasteiger partial charge in [0.05, 0.1) is 0 Å². The second kappa shape index (κ2) is 9.24. The van der Waals surface area contributed by atoms with Crippen molar-refractivity contribution in [1.29, 1.82) is 0 Å². The Balaban J connectivity index is 2.11. The molecule has 27 heavy (non-hydrogen) atoms. The summed E-state index contributed by atoms with van der Waals surface area (Å²) in [4.78, 5) is 35.2. The Labute approximate surface area is 158 Å². The van der Waals surface area contributed by atoms with E-state index in [1.54, 1.807) is 12.1 Å². The maximum absolute atomic E-state index is 12.3. The Bertz CT molecular complexity index is 768. The van der Waals surface area contributed by atoms with E-state index in [0.717, 1.165) is 0 Å². The van der Waals surface area contributed by atoms with Gasteiger partial charge in [0.1, 0.15) is 17.1 Å². The van der Waals surface area contributed by atoms with E-state index in [1.807, 2.05) is 0 Å². The monoisotopic (exact) mass is 372 g/mol. The quantitative estimate of drug-likeness (QED) is 0.338. The summed E-state index contributed by atoms with van der Waals surface area (Å²) in [5.74, 6) is 0.836. The molecule has 1 aliphatic heterocycles. The van der Waals surface area contributed by atoms with Crippen LogP contribution in [0.5, 0.6) is 5.75 Å². The molecule has 7 nitrogen and oxygen atoms in total. The van der Waals surface area contributed by atoms with Gasteiger partial charge in [-0.3, -0.25) is 9.59 Å². The third-order valence-electron chi connectivity index (χ3n) is 4.08.